The van der Waals surface area contributed by atoms with Crippen molar-refractivity contribution in [1.82, 2.24) is 29.7 Å². The lowest BCUT2D eigenvalue weighted by atomic mass is 9.71. The molecule has 6 rings (SSSR count). The summed E-state index contributed by atoms with van der Waals surface area (Å²) in [5.74, 6) is 2.79. The van der Waals surface area contributed by atoms with Crippen LogP contribution in [0.1, 0.15) is 49.7 Å². The topological polar surface area (TPSA) is 144 Å². The maximum atomic E-state index is 10.6. The minimum absolute atomic E-state index is 0.124. The van der Waals surface area contributed by atoms with Crippen LogP contribution in [0.2, 0.25) is 0 Å². The number of rotatable bonds is 4. The molecule has 0 amide bonds. The number of nitrogens with one attached hydrogen (secondary N) is 1. The fourth-order valence-corrected chi connectivity index (χ4v) is 5.20. The molecule has 0 unspecified atom stereocenters. The Morgan fingerprint density at radius 3 is 2.87 bits per heavy atom. The van der Waals surface area contributed by atoms with E-state index in [0.29, 0.717) is 34.8 Å². The zero-order valence-electron chi connectivity index (χ0n) is 16.4. The number of aromatic nitrogens is 6. The van der Waals surface area contributed by atoms with E-state index >= 15 is 0 Å². The van der Waals surface area contributed by atoms with Gasteiger partial charge in [0.15, 0.2) is 35.1 Å². The van der Waals surface area contributed by atoms with Gasteiger partial charge in [-0.05, 0) is 31.6 Å². The van der Waals surface area contributed by atoms with Crippen molar-refractivity contribution < 1.29 is 19.5 Å². The molecule has 7 atom stereocenters. The van der Waals surface area contributed by atoms with Gasteiger partial charge in [0.1, 0.15) is 18.5 Å². The first kappa shape index (κ1) is 18.2. The Morgan fingerprint density at radius 2 is 2.07 bits per heavy atom. The summed E-state index contributed by atoms with van der Waals surface area (Å²) in [6, 6.07) is 0.418. The minimum Gasteiger partial charge on any atom is -0.387 e. The minimum atomic E-state index is -1.22. The lowest BCUT2D eigenvalue weighted by Gasteiger charge is -2.41. The Morgan fingerprint density at radius 1 is 1.17 bits per heavy atom. The van der Waals surface area contributed by atoms with E-state index in [4.69, 9.17) is 9.26 Å². The summed E-state index contributed by atoms with van der Waals surface area (Å²) in [6.45, 7) is 1.67. The number of anilines is 1. The lowest BCUT2D eigenvalue weighted by molar-refractivity contribution is -0.0451. The highest BCUT2D eigenvalue weighted by molar-refractivity contribution is 5.83. The molecule has 4 heterocycles. The molecule has 0 spiro atoms. The number of hydrogen-bond donors (Lipinski definition) is 3. The Labute approximate surface area is 171 Å². The van der Waals surface area contributed by atoms with Gasteiger partial charge in [0.25, 0.3) is 5.89 Å². The fourth-order valence-electron chi connectivity index (χ4n) is 5.20. The molecule has 3 N–H and O–H groups in total. The van der Waals surface area contributed by atoms with Crippen LogP contribution < -0.4 is 5.32 Å². The molecule has 3 aliphatic rings. The standard InChI is InChI=1S/C19H23N7O4/c1-8-23-18(30-25-8)15-13(27)14(28)19(29-15)26-7-22-12-16(20-6-21-17(12)26)24-11-5-9-3-2-4-10(9)11/h6-7,9-11,13-15,19,27-28H,2-5H2,1H3,(H,20,21,24)/t9-,10-,11+,13-,14+,15-,19+/m0/s1. The van der Waals surface area contributed by atoms with Crippen LogP contribution in [0.25, 0.3) is 11.2 Å². The molecule has 30 heavy (non-hydrogen) atoms. The van der Waals surface area contributed by atoms with Crippen molar-refractivity contribution in [2.24, 2.45) is 11.8 Å². The van der Waals surface area contributed by atoms with Crippen LogP contribution in [-0.2, 0) is 4.74 Å². The average Bonchev–Trinajstić information content (AvgIpc) is 3.49. The van der Waals surface area contributed by atoms with Crippen LogP contribution in [0.4, 0.5) is 5.82 Å². The van der Waals surface area contributed by atoms with E-state index in [9.17, 15) is 10.2 Å². The number of aliphatic hydroxyl groups excluding tert-OH is 2. The number of imidazole rings is 1. The summed E-state index contributed by atoms with van der Waals surface area (Å²) >= 11 is 0. The first-order valence-electron chi connectivity index (χ1n) is 10.4. The molecule has 3 fully saturated rings. The van der Waals surface area contributed by atoms with Crippen LogP contribution >= 0.6 is 0 Å². The molecule has 2 saturated carbocycles. The highest BCUT2D eigenvalue weighted by Crippen LogP contribution is 2.48. The molecular formula is C19H23N7O4. The van der Waals surface area contributed by atoms with Crippen molar-refractivity contribution in [1.29, 1.82) is 0 Å². The molecule has 0 radical (unpaired) electrons. The normalized spacial score (nSPS) is 35.5. The molecule has 1 saturated heterocycles. The van der Waals surface area contributed by atoms with E-state index in [1.54, 1.807) is 17.8 Å². The quantitative estimate of drug-likeness (QED) is 0.569. The fraction of sp³-hybridized carbons (Fsp3) is 0.632. The predicted molar refractivity (Wildman–Crippen MR) is 102 cm³/mol. The van der Waals surface area contributed by atoms with E-state index in [2.05, 4.69) is 30.4 Å². The predicted octanol–water partition coefficient (Wildman–Crippen LogP) is 1.11. The van der Waals surface area contributed by atoms with Gasteiger partial charge in [0.05, 0.1) is 6.33 Å². The zero-order chi connectivity index (χ0) is 20.4. The van der Waals surface area contributed by atoms with Gasteiger partial charge in [-0.1, -0.05) is 18.0 Å². The van der Waals surface area contributed by atoms with E-state index in [-0.39, 0.29) is 5.89 Å². The van der Waals surface area contributed by atoms with Crippen molar-refractivity contribution in [3.05, 3.63) is 24.4 Å². The highest BCUT2D eigenvalue weighted by atomic mass is 16.6. The molecule has 158 valence electrons. The average molecular weight is 413 g/mol. The third-order valence-electron chi connectivity index (χ3n) is 6.77. The Kier molecular flexibility index (Phi) is 4.05. The first-order valence-corrected chi connectivity index (χ1v) is 10.4. The second kappa shape index (κ2) is 6.69. The summed E-state index contributed by atoms with van der Waals surface area (Å²) in [7, 11) is 0. The van der Waals surface area contributed by atoms with Crippen LogP contribution in [0, 0.1) is 18.8 Å². The van der Waals surface area contributed by atoms with Gasteiger partial charge in [-0.3, -0.25) is 4.57 Å². The van der Waals surface area contributed by atoms with Crippen LogP contribution in [0.3, 0.4) is 0 Å². The van der Waals surface area contributed by atoms with Crippen molar-refractivity contribution in [3.8, 4) is 0 Å². The molecule has 11 nitrogen and oxygen atoms in total. The Balaban J connectivity index is 1.28. The SMILES string of the molecule is Cc1noc([C@H]2O[C@@H](n3cnc4c(N[C@@H]5C[C@@H]6CCC[C@@H]65)ncnc43)[C@H](O)[C@@H]2O)n1. The van der Waals surface area contributed by atoms with E-state index in [1.807, 2.05) is 0 Å². The van der Waals surface area contributed by atoms with Crippen LogP contribution in [0.15, 0.2) is 17.2 Å². The third-order valence-corrected chi connectivity index (χ3v) is 6.77. The first-order chi connectivity index (χ1) is 14.6. The van der Waals surface area contributed by atoms with Crippen LogP contribution in [-0.4, -0.2) is 58.1 Å². The number of ether oxygens (including phenoxy) is 1. The molecule has 3 aromatic heterocycles. The molecular weight excluding hydrogens is 390 g/mol. The van der Waals surface area contributed by atoms with Gasteiger partial charge in [-0.2, -0.15) is 4.98 Å². The molecule has 0 bridgehead atoms. The Bertz CT molecular complexity index is 1080. The smallest absolute Gasteiger partial charge is 0.258 e. The zero-order valence-corrected chi connectivity index (χ0v) is 16.4. The van der Waals surface area contributed by atoms with Gasteiger partial charge < -0.3 is 24.8 Å². The number of aryl methyl sites for hydroxylation is 1. The van der Waals surface area contributed by atoms with Gasteiger partial charge in [0, 0.05) is 6.04 Å². The van der Waals surface area contributed by atoms with Crippen LogP contribution in [0.5, 0.6) is 0 Å². The second-order valence-corrected chi connectivity index (χ2v) is 8.50. The van der Waals surface area contributed by atoms with Crippen molar-refractivity contribution in [2.45, 2.75) is 63.2 Å². The second-order valence-electron chi connectivity index (χ2n) is 8.50. The van der Waals surface area contributed by atoms with Gasteiger partial charge in [0.2, 0.25) is 0 Å². The highest BCUT2D eigenvalue weighted by Gasteiger charge is 2.48. The van der Waals surface area contributed by atoms with Gasteiger partial charge in [-0.25, -0.2) is 15.0 Å². The summed E-state index contributed by atoms with van der Waals surface area (Å²) in [6.07, 6.45) is 3.83. The molecule has 1 aliphatic heterocycles. The van der Waals surface area contributed by atoms with E-state index < -0.39 is 24.5 Å². The summed E-state index contributed by atoms with van der Waals surface area (Å²) in [5.41, 5.74) is 1.13. The molecule has 3 aromatic rings. The largest absolute Gasteiger partial charge is 0.387 e. The summed E-state index contributed by atoms with van der Waals surface area (Å²) in [5, 5.41) is 28.4. The third kappa shape index (κ3) is 2.65. The molecule has 0 aromatic carbocycles. The Hall–Kier alpha value is -2.63. The molecule has 11 heteroatoms. The number of nitrogens with zero attached hydrogens (tertiary/aromatic N) is 6. The van der Waals surface area contributed by atoms with Gasteiger partial charge >= 0.3 is 0 Å². The summed E-state index contributed by atoms with van der Waals surface area (Å²) < 4.78 is 12.6. The van der Waals surface area contributed by atoms with E-state index in [0.717, 1.165) is 5.92 Å². The van der Waals surface area contributed by atoms with E-state index in [1.165, 1.54) is 32.0 Å². The van der Waals surface area contributed by atoms with Gasteiger partial charge in [-0.15, -0.1) is 0 Å². The number of aliphatic hydroxyl groups is 2. The molecule has 2 aliphatic carbocycles. The van der Waals surface area contributed by atoms with Crippen molar-refractivity contribution >= 4 is 17.0 Å². The number of fused-ring (bicyclic) bond motifs is 2. The summed E-state index contributed by atoms with van der Waals surface area (Å²) in [4.78, 5) is 17.3. The maximum absolute atomic E-state index is 10.6. The van der Waals surface area contributed by atoms with Crippen molar-refractivity contribution in [3.63, 3.8) is 0 Å². The van der Waals surface area contributed by atoms with Crippen molar-refractivity contribution in [2.75, 3.05) is 5.32 Å². The maximum Gasteiger partial charge on any atom is 0.258 e. The number of hydrogen-bond acceptors (Lipinski definition) is 10. The lowest BCUT2D eigenvalue weighted by Crippen LogP contribution is -2.43. The monoisotopic (exact) mass is 413 g/mol.